The molecule has 24 heavy (non-hydrogen) atoms. The van der Waals surface area contributed by atoms with Gasteiger partial charge in [-0.2, -0.15) is 0 Å². The average molecular weight is 320 g/mol. The Morgan fingerprint density at radius 2 is 1.58 bits per heavy atom. The zero-order valence-electron chi connectivity index (χ0n) is 14.0. The lowest BCUT2D eigenvalue weighted by Gasteiger charge is -2.12. The zero-order chi connectivity index (χ0) is 16.9. The van der Waals surface area contributed by atoms with Gasteiger partial charge in [0.1, 0.15) is 23.2 Å². The molecular weight excluding hydrogens is 300 g/mol. The van der Waals surface area contributed by atoms with E-state index in [-0.39, 0.29) is 0 Å². The summed E-state index contributed by atoms with van der Waals surface area (Å²) in [6, 6.07) is 17.8. The maximum Gasteiger partial charge on any atom is 0.142 e. The van der Waals surface area contributed by atoms with Gasteiger partial charge in [0, 0.05) is 11.8 Å². The number of para-hydroxylation sites is 2. The lowest BCUT2D eigenvalue weighted by Crippen LogP contribution is -2.02. The summed E-state index contributed by atoms with van der Waals surface area (Å²) in [6.07, 6.45) is 0. The van der Waals surface area contributed by atoms with Gasteiger partial charge in [-0.15, -0.1) is 0 Å². The summed E-state index contributed by atoms with van der Waals surface area (Å²) < 4.78 is 5.37. The Bertz CT molecular complexity index is 848. The monoisotopic (exact) mass is 320 g/mol. The summed E-state index contributed by atoms with van der Waals surface area (Å²) in [5.41, 5.74) is 3.05. The van der Waals surface area contributed by atoms with Crippen LogP contribution in [0.3, 0.4) is 0 Å². The molecule has 3 aromatic rings. The number of nitrogens with zero attached hydrogens (tertiary/aromatic N) is 2. The van der Waals surface area contributed by atoms with Crippen LogP contribution in [0.1, 0.15) is 11.4 Å². The summed E-state index contributed by atoms with van der Waals surface area (Å²) in [6.45, 7) is 3.93. The van der Waals surface area contributed by atoms with Gasteiger partial charge in [-0.05, 0) is 43.7 Å². The molecule has 5 nitrogen and oxygen atoms in total. The van der Waals surface area contributed by atoms with Gasteiger partial charge in [0.25, 0.3) is 0 Å². The third kappa shape index (κ3) is 3.81. The van der Waals surface area contributed by atoms with E-state index >= 15 is 0 Å². The van der Waals surface area contributed by atoms with Crippen molar-refractivity contribution in [1.29, 1.82) is 0 Å². The standard InChI is InChI=1S/C19H20N4O/c1-13-7-6-8-15(11-13)22-18-12-19(21-14(2)20-18)23-16-9-4-5-10-17(16)24-3/h4-12H,1-3H3,(H2,20,21,22,23). The third-order valence-corrected chi connectivity index (χ3v) is 3.50. The molecule has 0 spiro atoms. The Hall–Kier alpha value is -3.08. The molecule has 2 aromatic carbocycles. The molecule has 0 radical (unpaired) electrons. The number of hydrogen-bond acceptors (Lipinski definition) is 5. The third-order valence-electron chi connectivity index (χ3n) is 3.50. The summed E-state index contributed by atoms with van der Waals surface area (Å²) in [7, 11) is 1.65. The molecule has 0 aliphatic rings. The van der Waals surface area contributed by atoms with Crippen LogP contribution in [0.25, 0.3) is 0 Å². The topological polar surface area (TPSA) is 59.1 Å². The van der Waals surface area contributed by atoms with Gasteiger partial charge in [0.05, 0.1) is 12.8 Å². The van der Waals surface area contributed by atoms with Crippen molar-refractivity contribution in [2.75, 3.05) is 17.7 Å². The van der Waals surface area contributed by atoms with Crippen molar-refractivity contribution in [1.82, 2.24) is 9.97 Å². The number of methoxy groups -OCH3 is 1. The Kier molecular flexibility index (Phi) is 4.61. The van der Waals surface area contributed by atoms with Crippen LogP contribution in [0.5, 0.6) is 5.75 Å². The molecule has 2 N–H and O–H groups in total. The van der Waals surface area contributed by atoms with E-state index in [1.807, 2.05) is 49.4 Å². The van der Waals surface area contributed by atoms with E-state index in [9.17, 15) is 0 Å². The number of aromatic nitrogens is 2. The van der Waals surface area contributed by atoms with Crippen molar-refractivity contribution < 1.29 is 4.74 Å². The molecular formula is C19H20N4O. The van der Waals surface area contributed by atoms with Gasteiger partial charge >= 0.3 is 0 Å². The number of hydrogen-bond donors (Lipinski definition) is 2. The Balaban J connectivity index is 1.86. The van der Waals surface area contributed by atoms with Crippen molar-refractivity contribution in [3.63, 3.8) is 0 Å². The first-order valence-electron chi connectivity index (χ1n) is 7.73. The fourth-order valence-corrected chi connectivity index (χ4v) is 2.45. The Morgan fingerprint density at radius 1 is 0.833 bits per heavy atom. The predicted octanol–water partition coefficient (Wildman–Crippen LogP) is 4.59. The number of aryl methyl sites for hydroxylation is 2. The maximum atomic E-state index is 5.37. The molecule has 0 bridgehead atoms. The lowest BCUT2D eigenvalue weighted by molar-refractivity contribution is 0.417. The molecule has 0 fully saturated rings. The first-order valence-corrected chi connectivity index (χ1v) is 7.73. The van der Waals surface area contributed by atoms with Crippen LogP contribution in [-0.2, 0) is 0 Å². The van der Waals surface area contributed by atoms with E-state index in [0.29, 0.717) is 11.6 Å². The van der Waals surface area contributed by atoms with Gasteiger partial charge in [-0.3, -0.25) is 0 Å². The highest BCUT2D eigenvalue weighted by Gasteiger charge is 2.06. The molecule has 0 unspecified atom stereocenters. The van der Waals surface area contributed by atoms with Crippen molar-refractivity contribution in [2.45, 2.75) is 13.8 Å². The second kappa shape index (κ2) is 7.00. The van der Waals surface area contributed by atoms with Gasteiger partial charge in [-0.25, -0.2) is 9.97 Å². The van der Waals surface area contributed by atoms with Crippen LogP contribution in [0.2, 0.25) is 0 Å². The van der Waals surface area contributed by atoms with Gasteiger partial charge in [0.15, 0.2) is 0 Å². The Morgan fingerprint density at radius 3 is 2.33 bits per heavy atom. The van der Waals surface area contributed by atoms with Crippen molar-refractivity contribution in [3.8, 4) is 5.75 Å². The molecule has 0 saturated heterocycles. The van der Waals surface area contributed by atoms with E-state index in [2.05, 4.69) is 39.7 Å². The first kappa shape index (κ1) is 15.8. The van der Waals surface area contributed by atoms with Crippen molar-refractivity contribution in [3.05, 3.63) is 66.0 Å². The van der Waals surface area contributed by atoms with E-state index in [1.54, 1.807) is 7.11 Å². The summed E-state index contributed by atoms with van der Waals surface area (Å²) >= 11 is 0. The van der Waals surface area contributed by atoms with Gasteiger partial charge in [0.2, 0.25) is 0 Å². The minimum absolute atomic E-state index is 0.685. The van der Waals surface area contributed by atoms with Gasteiger partial charge < -0.3 is 15.4 Å². The summed E-state index contributed by atoms with van der Waals surface area (Å²) in [4.78, 5) is 8.90. The highest BCUT2D eigenvalue weighted by molar-refractivity contribution is 5.67. The molecule has 1 heterocycles. The lowest BCUT2D eigenvalue weighted by atomic mass is 10.2. The number of benzene rings is 2. The average Bonchev–Trinajstić information content (AvgIpc) is 2.55. The Labute approximate surface area is 141 Å². The molecule has 0 aliphatic heterocycles. The quantitative estimate of drug-likeness (QED) is 0.720. The van der Waals surface area contributed by atoms with Crippen LogP contribution >= 0.6 is 0 Å². The molecule has 0 aliphatic carbocycles. The van der Waals surface area contributed by atoms with Crippen LogP contribution in [0.15, 0.2) is 54.6 Å². The summed E-state index contributed by atoms with van der Waals surface area (Å²) in [5, 5.41) is 6.60. The molecule has 5 heteroatoms. The second-order valence-corrected chi connectivity index (χ2v) is 5.51. The minimum Gasteiger partial charge on any atom is -0.495 e. The highest BCUT2D eigenvalue weighted by Crippen LogP contribution is 2.27. The zero-order valence-corrected chi connectivity index (χ0v) is 14.0. The normalized spacial score (nSPS) is 10.3. The van der Waals surface area contributed by atoms with E-state index < -0.39 is 0 Å². The van der Waals surface area contributed by atoms with E-state index in [1.165, 1.54) is 5.56 Å². The second-order valence-electron chi connectivity index (χ2n) is 5.51. The smallest absolute Gasteiger partial charge is 0.142 e. The van der Waals surface area contributed by atoms with Crippen molar-refractivity contribution in [2.24, 2.45) is 0 Å². The molecule has 0 amide bonds. The fraction of sp³-hybridized carbons (Fsp3) is 0.158. The largest absolute Gasteiger partial charge is 0.495 e. The molecule has 1 aromatic heterocycles. The van der Waals surface area contributed by atoms with Gasteiger partial charge in [-0.1, -0.05) is 24.3 Å². The maximum absolute atomic E-state index is 5.37. The molecule has 0 saturated carbocycles. The summed E-state index contributed by atoms with van der Waals surface area (Å²) in [5.74, 6) is 2.90. The van der Waals surface area contributed by atoms with Crippen molar-refractivity contribution >= 4 is 23.0 Å². The molecule has 3 rings (SSSR count). The number of anilines is 4. The molecule has 0 atom stereocenters. The fourth-order valence-electron chi connectivity index (χ4n) is 2.45. The van der Waals surface area contributed by atoms with Crippen LogP contribution in [-0.4, -0.2) is 17.1 Å². The number of nitrogens with one attached hydrogen (secondary N) is 2. The SMILES string of the molecule is COc1ccccc1Nc1cc(Nc2cccc(C)c2)nc(C)n1. The predicted molar refractivity (Wildman–Crippen MR) is 97.5 cm³/mol. The number of rotatable bonds is 5. The first-order chi connectivity index (χ1) is 11.6. The van der Waals surface area contributed by atoms with E-state index in [4.69, 9.17) is 4.74 Å². The molecule has 122 valence electrons. The highest BCUT2D eigenvalue weighted by atomic mass is 16.5. The van der Waals surface area contributed by atoms with Crippen LogP contribution in [0.4, 0.5) is 23.0 Å². The van der Waals surface area contributed by atoms with Crippen LogP contribution in [0, 0.1) is 13.8 Å². The number of ether oxygens (including phenoxy) is 1. The van der Waals surface area contributed by atoms with Crippen LogP contribution < -0.4 is 15.4 Å². The van der Waals surface area contributed by atoms with E-state index in [0.717, 1.165) is 22.9 Å². The minimum atomic E-state index is 0.685.